The molecule has 0 saturated heterocycles. The van der Waals surface area contributed by atoms with Crippen molar-refractivity contribution in [3.05, 3.63) is 59.7 Å². The van der Waals surface area contributed by atoms with Crippen LogP contribution < -0.4 is 11.5 Å². The van der Waals surface area contributed by atoms with Gasteiger partial charge in [0.15, 0.2) is 0 Å². The Bertz CT molecular complexity index is 571. The van der Waals surface area contributed by atoms with Gasteiger partial charge in [-0.25, -0.2) is 9.59 Å². The number of hydrogen-bond donors (Lipinski definition) is 4. The van der Waals surface area contributed by atoms with Gasteiger partial charge in [0, 0.05) is 11.4 Å². The Morgan fingerprint density at radius 1 is 0.714 bits per heavy atom. The lowest BCUT2D eigenvalue weighted by Gasteiger charge is -1.96. The fourth-order valence-corrected chi connectivity index (χ4v) is 1.38. The van der Waals surface area contributed by atoms with Gasteiger partial charge in [-0.15, -0.1) is 0 Å². The maximum atomic E-state index is 10.3. The average molecular weight is 290 g/mol. The van der Waals surface area contributed by atoms with Crippen molar-refractivity contribution >= 4 is 23.3 Å². The van der Waals surface area contributed by atoms with Crippen LogP contribution in [0.3, 0.4) is 0 Å². The number of para-hydroxylation sites is 2. The Morgan fingerprint density at radius 3 is 1.19 bits per heavy atom. The number of carboxylic acids is 2. The zero-order chi connectivity index (χ0) is 15.1. The van der Waals surface area contributed by atoms with Crippen LogP contribution >= 0.6 is 0 Å². The normalized spacial score (nSPS) is 8.76. The van der Waals surface area contributed by atoms with Crippen LogP contribution in [0.5, 0.6) is 0 Å². The van der Waals surface area contributed by atoms with E-state index in [2.05, 4.69) is 0 Å². The Balaban J connectivity index is 0.000000364. The quantitative estimate of drug-likeness (QED) is 0.629. The molecule has 0 aliphatic rings. The van der Waals surface area contributed by atoms with E-state index in [9.17, 15) is 9.59 Å². The van der Waals surface area contributed by atoms with Gasteiger partial charge in [0.1, 0.15) is 0 Å². The standard InChI is InChI=1S/2C7H7NO2.CH4/c2*8-6-4-2-1-3-5(6)7(9)10;/h2*1-4H,8H2,(H,9,10);1H4. The van der Waals surface area contributed by atoms with Gasteiger partial charge in [0.2, 0.25) is 0 Å². The molecule has 2 rings (SSSR count). The molecule has 112 valence electrons. The predicted octanol–water partition coefficient (Wildman–Crippen LogP) is 2.57. The first-order chi connectivity index (χ1) is 9.43. The molecule has 2 aromatic rings. The highest BCUT2D eigenvalue weighted by atomic mass is 16.4. The molecule has 0 heterocycles. The molecule has 6 N–H and O–H groups in total. The van der Waals surface area contributed by atoms with Gasteiger partial charge in [-0.2, -0.15) is 0 Å². The number of carbonyl (C=O) groups is 2. The van der Waals surface area contributed by atoms with Gasteiger partial charge >= 0.3 is 11.9 Å². The number of nitrogens with two attached hydrogens (primary N) is 2. The van der Waals surface area contributed by atoms with E-state index in [1.165, 1.54) is 12.1 Å². The number of hydrogen-bond acceptors (Lipinski definition) is 4. The molecule has 0 spiro atoms. The van der Waals surface area contributed by atoms with Crippen LogP contribution in [0.1, 0.15) is 28.1 Å². The summed E-state index contributed by atoms with van der Waals surface area (Å²) in [6.45, 7) is 0. The molecule has 21 heavy (non-hydrogen) atoms. The van der Waals surface area contributed by atoms with Gasteiger partial charge in [0.05, 0.1) is 11.1 Å². The molecule has 6 nitrogen and oxygen atoms in total. The number of carboxylic acid groups (broad SMARTS) is 2. The minimum absolute atomic E-state index is 0. The van der Waals surface area contributed by atoms with E-state index >= 15 is 0 Å². The first-order valence-corrected chi connectivity index (χ1v) is 5.59. The molecule has 0 aliphatic carbocycles. The molecular formula is C15H18N2O4. The first-order valence-electron chi connectivity index (χ1n) is 5.59. The molecule has 0 unspecified atom stereocenters. The molecule has 6 heteroatoms. The van der Waals surface area contributed by atoms with Crippen LogP contribution in [0.15, 0.2) is 48.5 Å². The third-order valence-corrected chi connectivity index (χ3v) is 2.38. The Kier molecular flexibility index (Phi) is 7.03. The topological polar surface area (TPSA) is 127 Å². The number of anilines is 2. The van der Waals surface area contributed by atoms with Crippen LogP contribution in [-0.2, 0) is 0 Å². The minimum atomic E-state index is -0.988. The number of nitrogen functional groups attached to an aromatic ring is 2. The molecular weight excluding hydrogens is 272 g/mol. The second-order valence-electron chi connectivity index (χ2n) is 3.78. The molecule has 0 bridgehead atoms. The number of aromatic carboxylic acids is 2. The summed E-state index contributed by atoms with van der Waals surface area (Å²) in [7, 11) is 0. The van der Waals surface area contributed by atoms with Crippen molar-refractivity contribution in [2.75, 3.05) is 11.5 Å². The Labute approximate surface area is 122 Å². The van der Waals surface area contributed by atoms with Crippen molar-refractivity contribution < 1.29 is 19.8 Å². The molecule has 0 atom stereocenters. The molecule has 0 amide bonds. The molecule has 0 radical (unpaired) electrons. The summed E-state index contributed by atoms with van der Waals surface area (Å²) < 4.78 is 0. The van der Waals surface area contributed by atoms with Gasteiger partial charge in [-0.05, 0) is 24.3 Å². The first kappa shape index (κ1) is 18.0. The van der Waals surface area contributed by atoms with Crippen molar-refractivity contribution in [2.45, 2.75) is 7.43 Å². The molecule has 2 aromatic carbocycles. The van der Waals surface area contributed by atoms with Crippen LogP contribution in [-0.4, -0.2) is 22.2 Å². The largest absolute Gasteiger partial charge is 0.478 e. The second kappa shape index (κ2) is 8.21. The molecule has 0 fully saturated rings. The van der Waals surface area contributed by atoms with E-state index in [4.69, 9.17) is 21.7 Å². The van der Waals surface area contributed by atoms with Crippen LogP contribution in [0, 0.1) is 0 Å². The Hall–Kier alpha value is -3.02. The highest BCUT2D eigenvalue weighted by Crippen LogP contribution is 2.09. The zero-order valence-corrected chi connectivity index (χ0v) is 10.5. The summed E-state index contributed by atoms with van der Waals surface area (Å²) in [6.07, 6.45) is 0. The van der Waals surface area contributed by atoms with Crippen LogP contribution in [0.4, 0.5) is 11.4 Å². The maximum absolute atomic E-state index is 10.3. The lowest BCUT2D eigenvalue weighted by atomic mass is 10.2. The van der Waals surface area contributed by atoms with Crippen molar-refractivity contribution in [1.82, 2.24) is 0 Å². The summed E-state index contributed by atoms with van der Waals surface area (Å²) in [4.78, 5) is 20.7. The van der Waals surface area contributed by atoms with Gasteiger partial charge in [0.25, 0.3) is 0 Å². The van der Waals surface area contributed by atoms with E-state index in [-0.39, 0.29) is 18.6 Å². The van der Waals surface area contributed by atoms with E-state index in [0.29, 0.717) is 11.4 Å². The summed E-state index contributed by atoms with van der Waals surface area (Å²) in [5.41, 5.74) is 11.6. The predicted molar refractivity (Wildman–Crippen MR) is 82.4 cm³/mol. The van der Waals surface area contributed by atoms with E-state index in [1.54, 1.807) is 36.4 Å². The van der Waals surface area contributed by atoms with Crippen LogP contribution in [0.25, 0.3) is 0 Å². The van der Waals surface area contributed by atoms with Crippen molar-refractivity contribution in [3.63, 3.8) is 0 Å². The monoisotopic (exact) mass is 290 g/mol. The maximum Gasteiger partial charge on any atom is 0.337 e. The lowest BCUT2D eigenvalue weighted by Crippen LogP contribution is -2.00. The summed E-state index contributed by atoms with van der Waals surface area (Å²) in [5.74, 6) is -1.98. The zero-order valence-electron chi connectivity index (χ0n) is 10.5. The van der Waals surface area contributed by atoms with Crippen molar-refractivity contribution in [2.24, 2.45) is 0 Å². The number of benzene rings is 2. The van der Waals surface area contributed by atoms with Crippen molar-refractivity contribution in [1.29, 1.82) is 0 Å². The molecule has 0 aromatic heterocycles. The van der Waals surface area contributed by atoms with Crippen LogP contribution in [0.2, 0.25) is 0 Å². The fourth-order valence-electron chi connectivity index (χ4n) is 1.38. The lowest BCUT2D eigenvalue weighted by molar-refractivity contribution is 0.0687. The van der Waals surface area contributed by atoms with Gasteiger partial charge in [-0.3, -0.25) is 0 Å². The molecule has 0 aliphatic heterocycles. The fraction of sp³-hybridized carbons (Fsp3) is 0.0667. The second-order valence-corrected chi connectivity index (χ2v) is 3.78. The minimum Gasteiger partial charge on any atom is -0.478 e. The smallest absolute Gasteiger partial charge is 0.337 e. The summed E-state index contributed by atoms with van der Waals surface area (Å²) in [6, 6.07) is 12.7. The van der Waals surface area contributed by atoms with Gasteiger partial charge < -0.3 is 21.7 Å². The van der Waals surface area contributed by atoms with E-state index in [1.807, 2.05) is 0 Å². The Morgan fingerprint density at radius 2 is 1.00 bits per heavy atom. The molecule has 0 saturated carbocycles. The summed E-state index contributed by atoms with van der Waals surface area (Å²) >= 11 is 0. The number of rotatable bonds is 2. The van der Waals surface area contributed by atoms with E-state index < -0.39 is 11.9 Å². The van der Waals surface area contributed by atoms with Gasteiger partial charge in [-0.1, -0.05) is 31.7 Å². The third-order valence-electron chi connectivity index (χ3n) is 2.38. The SMILES string of the molecule is C.Nc1ccccc1C(=O)O.Nc1ccccc1C(=O)O. The van der Waals surface area contributed by atoms with Crippen molar-refractivity contribution in [3.8, 4) is 0 Å². The third kappa shape index (κ3) is 5.23. The highest BCUT2D eigenvalue weighted by Gasteiger charge is 2.04. The summed E-state index contributed by atoms with van der Waals surface area (Å²) in [5, 5.41) is 17.0. The highest BCUT2D eigenvalue weighted by molar-refractivity contribution is 5.93. The average Bonchev–Trinajstić information content (AvgIpc) is 2.40. The van der Waals surface area contributed by atoms with E-state index in [0.717, 1.165) is 0 Å².